The lowest BCUT2D eigenvalue weighted by atomic mass is 9.90. The van der Waals surface area contributed by atoms with Gasteiger partial charge in [0.2, 0.25) is 11.8 Å². The van der Waals surface area contributed by atoms with Crippen LogP contribution in [0.15, 0.2) is 11.4 Å². The minimum Gasteiger partial charge on any atom is -0.288 e. The Morgan fingerprint density at radius 2 is 2.18 bits per heavy atom. The van der Waals surface area contributed by atoms with Crippen molar-refractivity contribution in [3.63, 3.8) is 0 Å². The largest absolute Gasteiger partial charge is 0.288 e. The number of amides is 3. The fraction of sp³-hybridized carbons (Fsp3) is 0.474. The molecule has 4 rings (SSSR count). The first-order valence-corrected chi connectivity index (χ1v) is 11.1. The Bertz CT molecular complexity index is 920. The fourth-order valence-corrected chi connectivity index (χ4v) is 5.54. The lowest BCUT2D eigenvalue weighted by Gasteiger charge is -2.16. The Kier molecular flexibility index (Phi) is 5.45. The Labute approximate surface area is 171 Å². The summed E-state index contributed by atoms with van der Waals surface area (Å²) in [5.74, 6) is 0.0946. The first-order valence-electron chi connectivity index (χ1n) is 9.45. The number of fused-ring (bicyclic) bond motifs is 1. The molecular formula is C19H22N4O3S2. The summed E-state index contributed by atoms with van der Waals surface area (Å²) < 4.78 is 0. The SMILES string of the molecule is C[C@@H]1CCc2sc(C(=O)NNC(=O)Cc3csc(N4CCCC4=O)n3)cc2C1. The third-order valence-electron chi connectivity index (χ3n) is 5.05. The maximum atomic E-state index is 12.3. The first kappa shape index (κ1) is 19.1. The fourth-order valence-electron chi connectivity index (χ4n) is 3.57. The van der Waals surface area contributed by atoms with Gasteiger partial charge in [-0.25, -0.2) is 4.98 Å². The van der Waals surface area contributed by atoms with E-state index in [2.05, 4.69) is 22.8 Å². The Hall–Kier alpha value is -2.26. The molecular weight excluding hydrogens is 396 g/mol. The topological polar surface area (TPSA) is 91.4 Å². The molecule has 0 spiro atoms. The molecule has 0 saturated carbocycles. The van der Waals surface area contributed by atoms with Crippen molar-refractivity contribution >= 4 is 45.5 Å². The number of aromatic nitrogens is 1. The van der Waals surface area contributed by atoms with Crippen molar-refractivity contribution in [2.45, 2.75) is 45.4 Å². The minimum absolute atomic E-state index is 0.0528. The summed E-state index contributed by atoms with van der Waals surface area (Å²) in [6.45, 7) is 2.90. The summed E-state index contributed by atoms with van der Waals surface area (Å²) in [5, 5.41) is 2.41. The molecule has 7 nitrogen and oxygen atoms in total. The number of rotatable bonds is 4. The van der Waals surface area contributed by atoms with Crippen LogP contribution >= 0.6 is 22.7 Å². The molecule has 2 aromatic rings. The van der Waals surface area contributed by atoms with Crippen LogP contribution in [0.4, 0.5) is 5.13 Å². The number of aryl methyl sites for hydroxylation is 1. The van der Waals surface area contributed by atoms with Crippen LogP contribution in [0, 0.1) is 5.92 Å². The maximum absolute atomic E-state index is 12.3. The molecule has 2 aliphatic rings. The summed E-state index contributed by atoms with van der Waals surface area (Å²) in [6, 6.07) is 1.94. The highest BCUT2D eigenvalue weighted by Crippen LogP contribution is 2.32. The zero-order valence-electron chi connectivity index (χ0n) is 15.6. The molecule has 1 fully saturated rings. The average molecular weight is 419 g/mol. The number of carbonyl (C=O) groups excluding carboxylic acids is 3. The van der Waals surface area contributed by atoms with E-state index in [4.69, 9.17) is 0 Å². The molecule has 28 heavy (non-hydrogen) atoms. The first-order chi connectivity index (χ1) is 13.5. The zero-order chi connectivity index (χ0) is 19.7. The Morgan fingerprint density at radius 3 is 2.96 bits per heavy atom. The van der Waals surface area contributed by atoms with Gasteiger partial charge >= 0.3 is 0 Å². The minimum atomic E-state index is -0.340. The second-order valence-corrected chi connectivity index (χ2v) is 9.33. The van der Waals surface area contributed by atoms with Crippen LogP contribution in [0.2, 0.25) is 0 Å². The quantitative estimate of drug-likeness (QED) is 0.746. The number of thiazole rings is 1. The summed E-state index contributed by atoms with van der Waals surface area (Å²) in [4.78, 5) is 44.2. The van der Waals surface area contributed by atoms with Gasteiger partial charge < -0.3 is 0 Å². The summed E-state index contributed by atoms with van der Waals surface area (Å²) in [5.41, 5.74) is 6.80. The molecule has 2 aromatic heterocycles. The molecule has 3 heterocycles. The van der Waals surface area contributed by atoms with Gasteiger partial charge in [-0.3, -0.25) is 30.1 Å². The molecule has 1 atom stereocenters. The van der Waals surface area contributed by atoms with Crippen molar-refractivity contribution in [3.8, 4) is 0 Å². The number of nitrogens with one attached hydrogen (secondary N) is 2. The number of hydrogen-bond donors (Lipinski definition) is 2. The average Bonchev–Trinajstić information content (AvgIpc) is 3.38. The second kappa shape index (κ2) is 8.00. The maximum Gasteiger partial charge on any atom is 0.279 e. The molecule has 1 aliphatic carbocycles. The van der Waals surface area contributed by atoms with Crippen LogP contribution in [-0.2, 0) is 28.9 Å². The van der Waals surface area contributed by atoms with E-state index in [0.717, 1.165) is 25.7 Å². The lowest BCUT2D eigenvalue weighted by molar-refractivity contribution is -0.121. The highest BCUT2D eigenvalue weighted by atomic mass is 32.1. The van der Waals surface area contributed by atoms with Crippen molar-refractivity contribution in [3.05, 3.63) is 32.5 Å². The summed E-state index contributed by atoms with van der Waals surface area (Å²) in [7, 11) is 0. The molecule has 0 bridgehead atoms. The molecule has 1 aliphatic heterocycles. The van der Waals surface area contributed by atoms with Gasteiger partial charge in [0.15, 0.2) is 5.13 Å². The highest BCUT2D eigenvalue weighted by molar-refractivity contribution is 7.14. The molecule has 0 unspecified atom stereocenters. The van der Waals surface area contributed by atoms with E-state index in [-0.39, 0.29) is 24.1 Å². The molecule has 3 amide bonds. The Balaban J connectivity index is 1.29. The predicted molar refractivity (Wildman–Crippen MR) is 109 cm³/mol. The van der Waals surface area contributed by atoms with Crippen LogP contribution in [-0.4, -0.2) is 29.3 Å². The molecule has 0 radical (unpaired) electrons. The highest BCUT2D eigenvalue weighted by Gasteiger charge is 2.25. The van der Waals surface area contributed by atoms with Crippen LogP contribution < -0.4 is 15.8 Å². The predicted octanol–water partition coefficient (Wildman–Crippen LogP) is 2.46. The summed E-state index contributed by atoms with van der Waals surface area (Å²) >= 11 is 2.86. The van der Waals surface area contributed by atoms with Crippen molar-refractivity contribution < 1.29 is 14.4 Å². The second-order valence-electron chi connectivity index (χ2n) is 7.36. The molecule has 2 N–H and O–H groups in total. The Morgan fingerprint density at radius 1 is 1.32 bits per heavy atom. The number of thiophene rings is 1. The van der Waals surface area contributed by atoms with E-state index in [1.54, 1.807) is 10.3 Å². The number of nitrogens with zero attached hydrogens (tertiary/aromatic N) is 2. The van der Waals surface area contributed by atoms with Gasteiger partial charge in [0, 0.05) is 23.2 Å². The van der Waals surface area contributed by atoms with Crippen molar-refractivity contribution in [2.24, 2.45) is 5.92 Å². The van der Waals surface area contributed by atoms with Gasteiger partial charge in [-0.15, -0.1) is 22.7 Å². The van der Waals surface area contributed by atoms with E-state index in [9.17, 15) is 14.4 Å². The van der Waals surface area contributed by atoms with Gasteiger partial charge in [0.25, 0.3) is 5.91 Å². The molecule has 148 valence electrons. The third-order valence-corrected chi connectivity index (χ3v) is 7.20. The van der Waals surface area contributed by atoms with Gasteiger partial charge in [-0.05, 0) is 43.2 Å². The van der Waals surface area contributed by atoms with E-state index >= 15 is 0 Å². The smallest absolute Gasteiger partial charge is 0.279 e. The lowest BCUT2D eigenvalue weighted by Crippen LogP contribution is -2.42. The van der Waals surface area contributed by atoms with Gasteiger partial charge in [-0.2, -0.15) is 0 Å². The van der Waals surface area contributed by atoms with E-state index in [1.807, 2.05) is 6.07 Å². The van der Waals surface area contributed by atoms with Crippen molar-refractivity contribution in [1.82, 2.24) is 15.8 Å². The summed E-state index contributed by atoms with van der Waals surface area (Å²) in [6.07, 6.45) is 4.63. The van der Waals surface area contributed by atoms with Crippen molar-refractivity contribution in [2.75, 3.05) is 11.4 Å². The molecule has 9 heteroatoms. The normalized spacial score (nSPS) is 18.8. The zero-order valence-corrected chi connectivity index (χ0v) is 17.3. The number of carbonyl (C=O) groups is 3. The number of anilines is 1. The van der Waals surface area contributed by atoms with E-state index < -0.39 is 0 Å². The third kappa shape index (κ3) is 4.10. The van der Waals surface area contributed by atoms with Crippen LogP contribution in [0.5, 0.6) is 0 Å². The van der Waals surface area contributed by atoms with Crippen LogP contribution in [0.25, 0.3) is 0 Å². The number of hydrazine groups is 1. The van der Waals surface area contributed by atoms with Crippen LogP contribution in [0.1, 0.15) is 52.0 Å². The standard InChI is InChI=1S/C19H22N4O3S2/c1-11-4-5-14-12(7-11)8-15(28-14)18(26)22-21-16(24)9-13-10-27-19(20-13)23-6-2-3-17(23)25/h8,10-11H,2-7,9H2,1H3,(H,21,24)(H,22,26)/t11-/m1/s1. The van der Waals surface area contributed by atoms with Gasteiger partial charge in [0.05, 0.1) is 17.0 Å². The van der Waals surface area contributed by atoms with E-state index in [0.29, 0.717) is 34.6 Å². The van der Waals surface area contributed by atoms with Gasteiger partial charge in [-0.1, -0.05) is 6.92 Å². The number of hydrogen-bond acceptors (Lipinski definition) is 6. The molecule has 1 saturated heterocycles. The van der Waals surface area contributed by atoms with E-state index in [1.165, 1.54) is 33.1 Å². The van der Waals surface area contributed by atoms with Gasteiger partial charge in [0.1, 0.15) is 0 Å². The van der Waals surface area contributed by atoms with Crippen LogP contribution in [0.3, 0.4) is 0 Å². The molecule has 0 aromatic carbocycles. The monoisotopic (exact) mass is 418 g/mol. The van der Waals surface area contributed by atoms with Crippen molar-refractivity contribution in [1.29, 1.82) is 0 Å².